The van der Waals surface area contributed by atoms with Crippen LogP contribution in [0.25, 0.3) is 10.8 Å². The fourth-order valence-electron chi connectivity index (χ4n) is 5.90. The molecule has 0 amide bonds. The van der Waals surface area contributed by atoms with E-state index in [1.807, 2.05) is 0 Å². The third-order valence-electron chi connectivity index (χ3n) is 9.15. The summed E-state index contributed by atoms with van der Waals surface area (Å²) >= 11 is 0. The molecule has 0 heterocycles. The minimum Gasteiger partial charge on any atom is -0.196 e. The van der Waals surface area contributed by atoms with Gasteiger partial charge >= 0.3 is 0 Å². The average molecular weight is 629 g/mol. The van der Waals surface area contributed by atoms with Crippen molar-refractivity contribution < 1.29 is 25.8 Å². The summed E-state index contributed by atoms with van der Waals surface area (Å²) in [6.45, 7) is 15.7. The van der Waals surface area contributed by atoms with E-state index >= 15 is 0 Å². The van der Waals surface area contributed by atoms with Gasteiger partial charge in [0.15, 0.2) is 0 Å². The van der Waals surface area contributed by atoms with Gasteiger partial charge in [0.05, 0.1) is 0 Å². The van der Waals surface area contributed by atoms with E-state index in [-0.39, 0.29) is 25.8 Å². The van der Waals surface area contributed by atoms with Gasteiger partial charge in [-0.3, -0.25) is 0 Å². The van der Waals surface area contributed by atoms with Crippen molar-refractivity contribution in [1.29, 1.82) is 0 Å². The van der Waals surface area contributed by atoms with Gasteiger partial charge in [0.2, 0.25) is 0 Å². The molecule has 1 aliphatic rings. The molecule has 35 heavy (non-hydrogen) atoms. The molecule has 0 nitrogen and oxygen atoms in total. The second-order valence-corrected chi connectivity index (χ2v) is 10.7. The van der Waals surface area contributed by atoms with Gasteiger partial charge in [-0.25, -0.2) is 0 Å². The Labute approximate surface area is 232 Å². The molecule has 0 aromatic heterocycles. The van der Waals surface area contributed by atoms with Crippen LogP contribution < -0.4 is 0 Å². The smallest absolute Gasteiger partial charge is 0 e. The average Bonchev–Trinajstić information content (AvgIpc) is 3.49. The molecule has 0 bridgehead atoms. The first-order valence-electron chi connectivity index (χ1n) is 13.2. The summed E-state index contributed by atoms with van der Waals surface area (Å²) < 4.78 is 0. The van der Waals surface area contributed by atoms with Crippen LogP contribution in [0.5, 0.6) is 0 Å². The zero-order chi connectivity index (χ0) is 24.5. The van der Waals surface area contributed by atoms with Gasteiger partial charge < -0.3 is 0 Å². The van der Waals surface area contributed by atoms with E-state index < -0.39 is 0 Å². The molecule has 1 aliphatic carbocycles. The second kappa shape index (κ2) is 11.5. The maximum atomic E-state index is 2.51. The standard InChI is InChI=1S/C24H27.C10H15.Hf/c1-3-24(4-2)16-21-14-20-13-12-19(23(20)15-22(21)17-24)11-10-18-8-6-5-7-9-18;1-6-7(2)9(4)10(5)8(6)3;/h5-9,12-15H,3-4,10-11,16-17H2,1-2H3;1-5H3;/q2*-1;. The van der Waals surface area contributed by atoms with Crippen LogP contribution in [0, 0.1) is 40.0 Å². The largest absolute Gasteiger partial charge is 0.196 e. The van der Waals surface area contributed by atoms with Crippen molar-refractivity contribution in [1.82, 2.24) is 0 Å². The summed E-state index contributed by atoms with van der Waals surface area (Å²) in [4.78, 5) is 0. The van der Waals surface area contributed by atoms with Gasteiger partial charge in [-0.15, -0.1) is 34.5 Å². The Hall–Kier alpha value is -1.73. The molecule has 0 N–H and O–H groups in total. The van der Waals surface area contributed by atoms with Crippen molar-refractivity contribution in [2.45, 2.75) is 87.0 Å². The third kappa shape index (κ3) is 5.66. The van der Waals surface area contributed by atoms with Crippen molar-refractivity contribution in [2.75, 3.05) is 0 Å². The predicted molar refractivity (Wildman–Crippen MR) is 150 cm³/mol. The molecule has 0 atom stereocenters. The monoisotopic (exact) mass is 630 g/mol. The van der Waals surface area contributed by atoms with Crippen molar-refractivity contribution >= 4 is 10.8 Å². The number of fused-ring (bicyclic) bond motifs is 2. The molecule has 0 aliphatic heterocycles. The van der Waals surface area contributed by atoms with Crippen LogP contribution in [0.2, 0.25) is 0 Å². The molecular formula is C34H42Hf-2. The Balaban J connectivity index is 0.000000264. The van der Waals surface area contributed by atoms with Crippen LogP contribution in [0.4, 0.5) is 0 Å². The summed E-state index contributed by atoms with van der Waals surface area (Å²) in [6.07, 6.45) is 7.40. The summed E-state index contributed by atoms with van der Waals surface area (Å²) in [7, 11) is 0. The number of aryl methyl sites for hydroxylation is 2. The van der Waals surface area contributed by atoms with Gasteiger partial charge in [0, 0.05) is 25.8 Å². The van der Waals surface area contributed by atoms with E-state index in [0.717, 1.165) is 12.8 Å². The molecule has 1 heteroatoms. The van der Waals surface area contributed by atoms with E-state index in [1.165, 1.54) is 75.4 Å². The SMILES string of the molecule is CCC1(CC)Cc2cc3cc[c-](CCc4ccccc4)c3cc2C1.Cc1c(C)c(C)[c-](C)c1C.[Hf]. The third-order valence-corrected chi connectivity index (χ3v) is 9.15. The van der Waals surface area contributed by atoms with Gasteiger partial charge in [0.25, 0.3) is 0 Å². The topological polar surface area (TPSA) is 0 Å². The van der Waals surface area contributed by atoms with E-state index in [4.69, 9.17) is 0 Å². The fourth-order valence-corrected chi connectivity index (χ4v) is 5.90. The van der Waals surface area contributed by atoms with E-state index in [2.05, 4.69) is 103 Å². The summed E-state index contributed by atoms with van der Waals surface area (Å²) in [5, 5.41) is 2.94. The maximum absolute atomic E-state index is 2.51. The van der Waals surface area contributed by atoms with Crippen LogP contribution in [-0.4, -0.2) is 0 Å². The van der Waals surface area contributed by atoms with E-state index in [1.54, 1.807) is 11.1 Å². The number of rotatable bonds is 5. The molecule has 0 saturated heterocycles. The first kappa shape index (κ1) is 27.9. The molecule has 0 fully saturated rings. The number of hydrogen-bond acceptors (Lipinski definition) is 0. The predicted octanol–water partition coefficient (Wildman–Crippen LogP) is 9.19. The van der Waals surface area contributed by atoms with Gasteiger partial charge in [0.1, 0.15) is 0 Å². The molecule has 184 valence electrons. The summed E-state index contributed by atoms with van der Waals surface area (Å²) in [6, 6.07) is 20.5. The van der Waals surface area contributed by atoms with Crippen LogP contribution >= 0.6 is 0 Å². The normalized spacial score (nSPS) is 13.8. The number of benzene rings is 2. The van der Waals surface area contributed by atoms with Crippen molar-refractivity contribution in [3.63, 3.8) is 0 Å². The number of hydrogen-bond donors (Lipinski definition) is 0. The molecule has 0 radical (unpaired) electrons. The zero-order valence-corrected chi connectivity index (χ0v) is 26.5. The molecule has 0 unspecified atom stereocenters. The maximum Gasteiger partial charge on any atom is 0 e. The molecule has 5 rings (SSSR count). The van der Waals surface area contributed by atoms with Crippen LogP contribution in [-0.2, 0) is 51.5 Å². The molecular weight excluding hydrogens is 587 g/mol. The van der Waals surface area contributed by atoms with Crippen LogP contribution in [0.1, 0.15) is 76.8 Å². The first-order chi connectivity index (χ1) is 16.3. The Bertz CT molecular complexity index is 1180. The fraction of sp³-hybridized carbons (Fsp3) is 0.412. The van der Waals surface area contributed by atoms with Crippen molar-refractivity contribution in [3.05, 3.63) is 105 Å². The quantitative estimate of drug-likeness (QED) is 0.153. The van der Waals surface area contributed by atoms with Crippen molar-refractivity contribution in [3.8, 4) is 0 Å². The summed E-state index contributed by atoms with van der Waals surface area (Å²) in [5.74, 6) is 0. The Morgan fingerprint density at radius 3 is 1.89 bits per heavy atom. The zero-order valence-electron chi connectivity index (χ0n) is 22.9. The van der Waals surface area contributed by atoms with Crippen LogP contribution in [0.3, 0.4) is 0 Å². The molecule has 4 aromatic rings. The van der Waals surface area contributed by atoms with Gasteiger partial charge in [-0.1, -0.05) is 96.3 Å². The van der Waals surface area contributed by atoms with Crippen LogP contribution in [0.15, 0.2) is 54.6 Å². The Morgan fingerprint density at radius 2 is 1.37 bits per heavy atom. The van der Waals surface area contributed by atoms with E-state index in [0.29, 0.717) is 5.41 Å². The summed E-state index contributed by atoms with van der Waals surface area (Å²) in [5.41, 5.74) is 14.0. The first-order valence-corrected chi connectivity index (χ1v) is 13.2. The Kier molecular flexibility index (Phi) is 9.19. The minimum absolute atomic E-state index is 0. The molecule has 0 spiro atoms. The minimum atomic E-state index is 0. The van der Waals surface area contributed by atoms with E-state index in [9.17, 15) is 0 Å². The molecule has 0 saturated carbocycles. The van der Waals surface area contributed by atoms with Gasteiger partial charge in [-0.2, -0.15) is 33.9 Å². The molecule has 4 aromatic carbocycles. The van der Waals surface area contributed by atoms with Gasteiger partial charge in [-0.05, 0) is 43.1 Å². The Morgan fingerprint density at radius 1 is 0.800 bits per heavy atom. The second-order valence-electron chi connectivity index (χ2n) is 10.7. The van der Waals surface area contributed by atoms with Crippen molar-refractivity contribution in [2.24, 2.45) is 5.41 Å².